The number of aryl methyl sites for hydroxylation is 1. The molecule has 5 rings (SSSR count). The van der Waals surface area contributed by atoms with Crippen LogP contribution in [0.5, 0.6) is 0 Å². The third-order valence-electron chi connectivity index (χ3n) is 8.33. The molecule has 0 spiro atoms. The average molecular weight is 420 g/mol. The number of fused-ring (bicyclic) bond motifs is 1. The van der Waals surface area contributed by atoms with Gasteiger partial charge in [-0.1, -0.05) is 55.7 Å². The quantitative estimate of drug-likeness (QED) is 0.535. The van der Waals surface area contributed by atoms with Gasteiger partial charge in [0.1, 0.15) is 0 Å². The van der Waals surface area contributed by atoms with E-state index in [1.54, 1.807) is 25.3 Å². The van der Waals surface area contributed by atoms with Crippen LogP contribution in [0.15, 0.2) is 48.5 Å². The lowest BCUT2D eigenvalue weighted by atomic mass is 9.62. The van der Waals surface area contributed by atoms with Crippen LogP contribution in [0, 0.1) is 17.8 Å². The van der Waals surface area contributed by atoms with Crippen LogP contribution in [0.1, 0.15) is 61.1 Å². The van der Waals surface area contributed by atoms with Gasteiger partial charge >= 0.3 is 0 Å². The fraction of sp³-hybridized carbons (Fsp3) is 0.571. The molecule has 0 bridgehead atoms. The van der Waals surface area contributed by atoms with Gasteiger partial charge in [-0.2, -0.15) is 0 Å². The van der Waals surface area contributed by atoms with Crippen LogP contribution in [0.2, 0.25) is 0 Å². The molecule has 0 radical (unpaired) electrons. The highest BCUT2D eigenvalue weighted by Gasteiger charge is 2.38. The number of benzene rings is 2. The Morgan fingerprint density at radius 2 is 1.55 bits per heavy atom. The van der Waals surface area contributed by atoms with E-state index in [2.05, 4.69) is 53.4 Å². The molecule has 2 aliphatic carbocycles. The summed E-state index contributed by atoms with van der Waals surface area (Å²) in [6.07, 6.45) is 9.06. The van der Waals surface area contributed by atoms with Crippen LogP contribution in [0.3, 0.4) is 0 Å². The van der Waals surface area contributed by atoms with Gasteiger partial charge in [-0.25, -0.2) is 0 Å². The predicted octanol–water partition coefficient (Wildman–Crippen LogP) is 6.02. The van der Waals surface area contributed by atoms with Crippen molar-refractivity contribution in [3.63, 3.8) is 0 Å². The van der Waals surface area contributed by atoms with Gasteiger partial charge < -0.3 is 14.4 Å². The molecule has 0 aromatic heterocycles. The molecule has 1 heterocycles. The first-order valence-corrected chi connectivity index (χ1v) is 12.3. The molecule has 2 atom stereocenters. The monoisotopic (exact) mass is 419 g/mol. The molecule has 2 aromatic rings. The van der Waals surface area contributed by atoms with Crippen LogP contribution in [-0.4, -0.2) is 33.6 Å². The summed E-state index contributed by atoms with van der Waals surface area (Å²) >= 11 is 0. The summed E-state index contributed by atoms with van der Waals surface area (Å²) in [7, 11) is 3.50. The number of hydrogen-bond donors (Lipinski definition) is 0. The second-order valence-electron chi connectivity index (χ2n) is 9.83. The van der Waals surface area contributed by atoms with Crippen LogP contribution in [-0.2, 0) is 15.9 Å². The zero-order valence-corrected chi connectivity index (χ0v) is 19.1. The van der Waals surface area contributed by atoms with Gasteiger partial charge in [-0.15, -0.1) is 0 Å². The highest BCUT2D eigenvalue weighted by molar-refractivity contribution is 5.50. The summed E-state index contributed by atoms with van der Waals surface area (Å²) in [6, 6.07) is 18.8. The topological polar surface area (TPSA) is 21.7 Å². The van der Waals surface area contributed by atoms with Gasteiger partial charge in [-0.05, 0) is 66.3 Å². The Kier molecular flexibility index (Phi) is 6.34. The van der Waals surface area contributed by atoms with Gasteiger partial charge in [0, 0.05) is 44.8 Å². The van der Waals surface area contributed by atoms with E-state index in [9.17, 15) is 0 Å². The van der Waals surface area contributed by atoms with E-state index >= 15 is 0 Å². The molecule has 166 valence electrons. The van der Waals surface area contributed by atoms with Crippen LogP contribution in [0.4, 0.5) is 5.69 Å². The summed E-state index contributed by atoms with van der Waals surface area (Å²) in [4.78, 5) is 2.53. The standard InChI is InChI=1S/C28H37NO2/c1-30-28(31-2)23-16-18-29(19-17-23)24-13-10-22(11-14-24)27-25-9-4-3-6-21(25)12-15-26(27)20-7-5-8-20/h3-4,6,9-11,13-14,20,23,26-28H,5,7-8,12,15-19H2,1-2H3/t26-,27-/m0/s1. The zero-order chi connectivity index (χ0) is 21.2. The molecule has 31 heavy (non-hydrogen) atoms. The van der Waals surface area contributed by atoms with Crippen molar-refractivity contribution in [1.82, 2.24) is 0 Å². The number of methoxy groups -OCH3 is 2. The fourth-order valence-corrected chi connectivity index (χ4v) is 6.39. The Morgan fingerprint density at radius 1 is 0.839 bits per heavy atom. The van der Waals surface area contributed by atoms with Crippen molar-refractivity contribution in [2.24, 2.45) is 17.8 Å². The van der Waals surface area contributed by atoms with Crippen molar-refractivity contribution in [2.45, 2.75) is 57.2 Å². The van der Waals surface area contributed by atoms with E-state index in [4.69, 9.17) is 9.47 Å². The Balaban J connectivity index is 1.33. The summed E-state index contributed by atoms with van der Waals surface area (Å²) < 4.78 is 11.0. The molecule has 1 aliphatic heterocycles. The lowest BCUT2D eigenvalue weighted by Crippen LogP contribution is -2.39. The van der Waals surface area contributed by atoms with Crippen molar-refractivity contribution in [3.8, 4) is 0 Å². The van der Waals surface area contributed by atoms with Gasteiger partial charge in [0.2, 0.25) is 0 Å². The Bertz CT molecular complexity index is 848. The molecule has 0 unspecified atom stereocenters. The number of nitrogens with zero attached hydrogens (tertiary/aromatic N) is 1. The first-order valence-electron chi connectivity index (χ1n) is 12.3. The molecule has 0 amide bonds. The maximum atomic E-state index is 5.49. The molecular weight excluding hydrogens is 382 g/mol. The third-order valence-corrected chi connectivity index (χ3v) is 8.33. The van der Waals surface area contributed by atoms with Crippen LogP contribution >= 0.6 is 0 Å². The van der Waals surface area contributed by atoms with E-state index < -0.39 is 0 Å². The first kappa shape index (κ1) is 21.0. The minimum Gasteiger partial charge on any atom is -0.372 e. The number of ether oxygens (including phenoxy) is 2. The average Bonchev–Trinajstić information content (AvgIpc) is 2.79. The summed E-state index contributed by atoms with van der Waals surface area (Å²) in [5.41, 5.74) is 6.03. The highest BCUT2D eigenvalue weighted by atomic mass is 16.7. The second kappa shape index (κ2) is 9.34. The van der Waals surface area contributed by atoms with E-state index in [-0.39, 0.29) is 6.29 Å². The predicted molar refractivity (Wildman–Crippen MR) is 127 cm³/mol. The van der Waals surface area contributed by atoms with Crippen molar-refractivity contribution in [2.75, 3.05) is 32.2 Å². The Hall–Kier alpha value is -1.84. The molecule has 3 aliphatic rings. The summed E-state index contributed by atoms with van der Waals surface area (Å²) in [5, 5.41) is 0. The van der Waals surface area contributed by atoms with E-state index in [1.165, 1.54) is 43.4 Å². The Morgan fingerprint density at radius 3 is 2.19 bits per heavy atom. The molecule has 3 heteroatoms. The summed E-state index contributed by atoms with van der Waals surface area (Å²) in [6.45, 7) is 2.15. The van der Waals surface area contributed by atoms with Gasteiger partial charge in [0.05, 0.1) is 0 Å². The number of hydrogen-bond acceptors (Lipinski definition) is 3. The first-order chi connectivity index (χ1) is 15.3. The zero-order valence-electron chi connectivity index (χ0n) is 19.1. The fourth-order valence-electron chi connectivity index (χ4n) is 6.39. The SMILES string of the molecule is COC(OC)C1CCN(c2ccc([C@H]3c4ccccc4CC[C@H]3C3CCC3)cc2)CC1. The number of rotatable bonds is 6. The maximum absolute atomic E-state index is 5.49. The molecule has 0 N–H and O–H groups in total. The van der Waals surface area contributed by atoms with Crippen LogP contribution in [0.25, 0.3) is 0 Å². The third kappa shape index (κ3) is 4.15. The molecule has 3 nitrogen and oxygen atoms in total. The Labute approximate surface area is 187 Å². The maximum Gasteiger partial charge on any atom is 0.159 e. The van der Waals surface area contributed by atoms with Crippen molar-refractivity contribution in [3.05, 3.63) is 65.2 Å². The highest BCUT2D eigenvalue weighted by Crippen LogP contribution is 2.49. The van der Waals surface area contributed by atoms with Crippen molar-refractivity contribution >= 4 is 5.69 Å². The molecule has 2 aromatic carbocycles. The number of piperidine rings is 1. The van der Waals surface area contributed by atoms with Gasteiger partial charge in [0.25, 0.3) is 0 Å². The smallest absolute Gasteiger partial charge is 0.159 e. The lowest BCUT2D eigenvalue weighted by Gasteiger charge is -2.43. The molecule has 1 saturated heterocycles. The lowest BCUT2D eigenvalue weighted by molar-refractivity contribution is -0.141. The van der Waals surface area contributed by atoms with Gasteiger partial charge in [-0.3, -0.25) is 0 Å². The van der Waals surface area contributed by atoms with E-state index in [0.717, 1.165) is 37.8 Å². The van der Waals surface area contributed by atoms with Gasteiger partial charge in [0.15, 0.2) is 6.29 Å². The van der Waals surface area contributed by atoms with Crippen LogP contribution < -0.4 is 4.90 Å². The van der Waals surface area contributed by atoms with E-state index in [1.807, 2.05) is 0 Å². The second-order valence-corrected chi connectivity index (χ2v) is 9.83. The largest absolute Gasteiger partial charge is 0.372 e. The molecular formula is C28H37NO2. The summed E-state index contributed by atoms with van der Waals surface area (Å²) in [5.74, 6) is 2.79. The molecule has 2 fully saturated rings. The normalized spacial score (nSPS) is 24.8. The molecule has 1 saturated carbocycles. The van der Waals surface area contributed by atoms with E-state index in [0.29, 0.717) is 11.8 Å². The van der Waals surface area contributed by atoms with Crippen molar-refractivity contribution < 1.29 is 9.47 Å². The minimum atomic E-state index is -0.0701. The number of anilines is 1. The van der Waals surface area contributed by atoms with Crippen molar-refractivity contribution in [1.29, 1.82) is 0 Å². The minimum absolute atomic E-state index is 0.0701.